The lowest BCUT2D eigenvalue weighted by atomic mass is 10.4. The fourth-order valence-corrected chi connectivity index (χ4v) is 3.32. The first-order valence-electron chi connectivity index (χ1n) is 8.92. The first kappa shape index (κ1) is 22.8. The molecule has 0 unspecified atom stereocenters. The summed E-state index contributed by atoms with van der Waals surface area (Å²) in [5.41, 5.74) is 2.22. The van der Waals surface area contributed by atoms with Crippen LogP contribution in [0, 0.1) is 18.4 Å². The molecule has 0 fully saturated rings. The third-order valence-corrected chi connectivity index (χ3v) is 5.11. The average Bonchev–Trinajstić information content (AvgIpc) is 3.39. The number of nitrogens with one attached hydrogen (secondary N) is 4. The molecule has 3 aromatic rings. The number of hydrogen-bond donors (Lipinski definition) is 4. The lowest BCUT2D eigenvalue weighted by Gasteiger charge is -2.06. The van der Waals surface area contributed by atoms with E-state index in [0.717, 1.165) is 34.0 Å². The van der Waals surface area contributed by atoms with Gasteiger partial charge in [0.05, 0.1) is 18.3 Å². The predicted molar refractivity (Wildman–Crippen MR) is 116 cm³/mol. The number of H-pyrrole nitrogens is 2. The first-order chi connectivity index (χ1) is 14.4. The molecule has 3 rings (SSSR count). The number of aromatic nitrogens is 6. The standard InChI is InChI=1S/C10H16N6S.C7H8N4O2/c1-8-9(16-7-15-8)5-17-4-3-13-10(12-2)14-6-11;1-10-5-4(8-3-9-5)6(12)11(2)7(10)13/h7H,3-5H2,1-2H3,(H,15,16)(H2,12,13,14);3H,1-2H3,(H,8,9). The van der Waals surface area contributed by atoms with Crippen molar-refractivity contribution in [3.63, 3.8) is 0 Å². The van der Waals surface area contributed by atoms with Crippen molar-refractivity contribution in [3.05, 3.63) is 44.9 Å². The minimum atomic E-state index is -0.371. The van der Waals surface area contributed by atoms with E-state index >= 15 is 0 Å². The number of fused-ring (bicyclic) bond motifs is 1. The molecule has 3 heterocycles. The highest BCUT2D eigenvalue weighted by Crippen LogP contribution is 2.11. The summed E-state index contributed by atoms with van der Waals surface area (Å²) >= 11 is 1.79. The van der Waals surface area contributed by atoms with Crippen LogP contribution in [0.25, 0.3) is 11.2 Å². The van der Waals surface area contributed by atoms with Crippen LogP contribution in [0.2, 0.25) is 0 Å². The lowest BCUT2D eigenvalue weighted by molar-refractivity contribution is 0.709. The highest BCUT2D eigenvalue weighted by Gasteiger charge is 2.09. The minimum Gasteiger partial charge on any atom is -0.355 e. The molecular weight excluding hydrogens is 408 g/mol. The molecule has 0 saturated heterocycles. The second-order valence-corrected chi connectivity index (χ2v) is 7.17. The molecule has 0 spiro atoms. The van der Waals surface area contributed by atoms with Crippen LogP contribution in [0.4, 0.5) is 0 Å². The molecule has 0 atom stereocenters. The number of guanidine groups is 1. The maximum absolute atomic E-state index is 11.4. The molecule has 30 heavy (non-hydrogen) atoms. The summed E-state index contributed by atoms with van der Waals surface area (Å²) in [5.74, 6) is 2.32. The van der Waals surface area contributed by atoms with E-state index in [0.29, 0.717) is 17.1 Å². The molecule has 4 N–H and O–H groups in total. The molecule has 12 nitrogen and oxygen atoms in total. The van der Waals surface area contributed by atoms with Gasteiger partial charge in [-0.05, 0) is 6.92 Å². The molecule has 0 aromatic carbocycles. The van der Waals surface area contributed by atoms with E-state index in [1.807, 2.05) is 13.1 Å². The van der Waals surface area contributed by atoms with Gasteiger partial charge in [0.25, 0.3) is 5.56 Å². The van der Waals surface area contributed by atoms with Crippen molar-refractivity contribution in [2.24, 2.45) is 19.1 Å². The van der Waals surface area contributed by atoms with Gasteiger partial charge in [0, 0.05) is 44.9 Å². The average molecular weight is 433 g/mol. The Kier molecular flexibility index (Phi) is 8.24. The fourth-order valence-electron chi connectivity index (χ4n) is 2.44. The van der Waals surface area contributed by atoms with E-state index in [-0.39, 0.29) is 11.2 Å². The summed E-state index contributed by atoms with van der Waals surface area (Å²) < 4.78 is 2.37. The van der Waals surface area contributed by atoms with Gasteiger partial charge < -0.3 is 15.3 Å². The zero-order valence-electron chi connectivity index (χ0n) is 17.2. The zero-order chi connectivity index (χ0) is 22.1. The van der Waals surface area contributed by atoms with Gasteiger partial charge >= 0.3 is 5.69 Å². The Bertz CT molecular complexity index is 1160. The van der Waals surface area contributed by atoms with E-state index < -0.39 is 0 Å². The highest BCUT2D eigenvalue weighted by atomic mass is 32.2. The maximum atomic E-state index is 11.4. The van der Waals surface area contributed by atoms with Gasteiger partial charge in [0.1, 0.15) is 5.52 Å². The first-order valence-corrected chi connectivity index (χ1v) is 10.1. The number of imidazole rings is 2. The van der Waals surface area contributed by atoms with Crippen molar-refractivity contribution in [1.82, 2.24) is 39.7 Å². The van der Waals surface area contributed by atoms with Crippen LogP contribution in [0.1, 0.15) is 11.4 Å². The summed E-state index contributed by atoms with van der Waals surface area (Å²) in [6.07, 6.45) is 4.93. The van der Waals surface area contributed by atoms with Crippen molar-refractivity contribution >= 4 is 28.9 Å². The van der Waals surface area contributed by atoms with Gasteiger partial charge in [-0.25, -0.2) is 14.8 Å². The quantitative estimate of drug-likeness (QED) is 0.139. The van der Waals surface area contributed by atoms with Crippen LogP contribution in [-0.4, -0.2) is 54.4 Å². The molecular formula is C17H24N10O2S. The molecule has 0 amide bonds. The topological polar surface area (TPSA) is 162 Å². The molecule has 0 aliphatic carbocycles. The fraction of sp³-hybridized carbons (Fsp3) is 0.412. The van der Waals surface area contributed by atoms with Crippen molar-refractivity contribution < 1.29 is 0 Å². The lowest BCUT2D eigenvalue weighted by Crippen LogP contribution is -2.36. The summed E-state index contributed by atoms with van der Waals surface area (Å²) in [7, 11) is 4.64. The van der Waals surface area contributed by atoms with Crippen molar-refractivity contribution in [3.8, 4) is 6.19 Å². The Labute approximate surface area is 176 Å². The molecule has 0 bridgehead atoms. The maximum Gasteiger partial charge on any atom is 0.332 e. The van der Waals surface area contributed by atoms with E-state index in [4.69, 9.17) is 5.26 Å². The Morgan fingerprint density at radius 3 is 2.63 bits per heavy atom. The third kappa shape index (κ3) is 5.51. The molecule has 0 aliphatic heterocycles. The molecule has 13 heteroatoms. The van der Waals surface area contributed by atoms with Crippen molar-refractivity contribution in [2.75, 3.05) is 19.3 Å². The number of aliphatic imine (C=N–C) groups is 1. The Morgan fingerprint density at radius 2 is 2.00 bits per heavy atom. The number of nitrogens with zero attached hydrogens (tertiary/aromatic N) is 6. The molecule has 0 radical (unpaired) electrons. The Morgan fingerprint density at radius 1 is 1.27 bits per heavy atom. The highest BCUT2D eigenvalue weighted by molar-refractivity contribution is 7.98. The Hall–Kier alpha value is -3.53. The minimum absolute atomic E-state index is 0.351. The second kappa shape index (κ2) is 10.9. The van der Waals surface area contributed by atoms with E-state index in [1.54, 1.807) is 32.2 Å². The summed E-state index contributed by atoms with van der Waals surface area (Å²) in [4.78, 5) is 40.5. The van der Waals surface area contributed by atoms with Crippen LogP contribution in [0.3, 0.4) is 0 Å². The second-order valence-electron chi connectivity index (χ2n) is 6.07. The SMILES string of the molecule is CN=C(NC#N)NCCSCc1nc[nH]c1C.Cn1c(=O)c2[nH]cnc2n(C)c1=O. The van der Waals surface area contributed by atoms with Gasteiger partial charge in [0.15, 0.2) is 11.8 Å². The number of aryl methyl sites for hydroxylation is 2. The van der Waals surface area contributed by atoms with Crippen LogP contribution < -0.4 is 21.9 Å². The molecule has 160 valence electrons. The van der Waals surface area contributed by atoms with E-state index in [2.05, 4.69) is 35.6 Å². The monoisotopic (exact) mass is 432 g/mol. The summed E-state index contributed by atoms with van der Waals surface area (Å²) in [6, 6.07) is 0. The third-order valence-electron chi connectivity index (χ3n) is 4.14. The van der Waals surface area contributed by atoms with Gasteiger partial charge in [0.2, 0.25) is 5.96 Å². The van der Waals surface area contributed by atoms with Crippen molar-refractivity contribution in [2.45, 2.75) is 12.7 Å². The van der Waals surface area contributed by atoms with Gasteiger partial charge in [-0.15, -0.1) is 0 Å². The number of thioether (sulfide) groups is 1. The summed E-state index contributed by atoms with van der Waals surface area (Å²) in [6.45, 7) is 2.77. The van der Waals surface area contributed by atoms with E-state index in [1.165, 1.54) is 17.9 Å². The summed E-state index contributed by atoms with van der Waals surface area (Å²) in [5, 5.41) is 13.9. The number of hydrogen-bond acceptors (Lipinski definition) is 7. The number of aromatic amines is 2. The molecule has 3 aromatic heterocycles. The smallest absolute Gasteiger partial charge is 0.332 e. The number of rotatable bonds is 5. The van der Waals surface area contributed by atoms with Gasteiger partial charge in [-0.1, -0.05) is 0 Å². The number of nitriles is 1. The van der Waals surface area contributed by atoms with E-state index in [9.17, 15) is 9.59 Å². The van der Waals surface area contributed by atoms with Gasteiger partial charge in [-0.2, -0.15) is 17.0 Å². The zero-order valence-corrected chi connectivity index (χ0v) is 18.0. The van der Waals surface area contributed by atoms with Gasteiger partial charge in [-0.3, -0.25) is 24.2 Å². The largest absolute Gasteiger partial charge is 0.355 e. The predicted octanol–water partition coefficient (Wildman–Crippen LogP) is -0.442. The molecule has 0 saturated carbocycles. The van der Waals surface area contributed by atoms with Crippen LogP contribution in [0.15, 0.2) is 27.2 Å². The molecule has 0 aliphatic rings. The van der Waals surface area contributed by atoms with Crippen LogP contribution >= 0.6 is 11.8 Å². The van der Waals surface area contributed by atoms with Crippen molar-refractivity contribution in [1.29, 1.82) is 5.26 Å². The Balaban J connectivity index is 0.000000220. The van der Waals surface area contributed by atoms with Crippen LogP contribution in [-0.2, 0) is 19.8 Å². The normalized spacial score (nSPS) is 11.0. The van der Waals surface area contributed by atoms with Crippen LogP contribution in [0.5, 0.6) is 0 Å².